The molecule has 1 N–H and O–H groups in total. The Morgan fingerprint density at radius 1 is 1.50 bits per heavy atom. The van der Waals surface area contributed by atoms with Crippen LogP contribution >= 0.6 is 0 Å². The quantitative estimate of drug-likeness (QED) is 0.555. The molecule has 5 heteroatoms. The maximum Gasteiger partial charge on any atom is 0.364 e. The Hall–Kier alpha value is -0.835. The normalized spacial score (nSPS) is 35.5. The lowest BCUT2D eigenvalue weighted by atomic mass is 9.77. The smallest absolute Gasteiger partial charge is 0.364 e. The van der Waals surface area contributed by atoms with Crippen molar-refractivity contribution in [3.8, 4) is 0 Å². The Morgan fingerprint density at radius 2 is 2.06 bits per heavy atom. The van der Waals surface area contributed by atoms with Gasteiger partial charge in [0.2, 0.25) is 5.83 Å². The summed E-state index contributed by atoms with van der Waals surface area (Å²) in [6.45, 7) is 3.96. The summed E-state index contributed by atoms with van der Waals surface area (Å²) in [5.41, 5.74) is 0.544. The van der Waals surface area contributed by atoms with Gasteiger partial charge in [-0.1, -0.05) is 6.92 Å². The van der Waals surface area contributed by atoms with Gasteiger partial charge in [0.05, 0.1) is 8.41 Å². The summed E-state index contributed by atoms with van der Waals surface area (Å²) in [4.78, 5) is 12.9. The molecule has 16 heavy (non-hydrogen) atoms. The van der Waals surface area contributed by atoms with Gasteiger partial charge in [0.15, 0.2) is 0 Å². The molecule has 2 bridgehead atoms. The number of hydrogen-bond donors (Lipinski definition) is 1. The van der Waals surface area contributed by atoms with E-state index in [-0.39, 0.29) is 20.4 Å². The highest BCUT2D eigenvalue weighted by atomic mass is 19.1. The zero-order chi connectivity index (χ0) is 11.0. The predicted octanol–water partition coefficient (Wildman–Crippen LogP) is 0.615. The third kappa shape index (κ3) is 2.01. The van der Waals surface area contributed by atoms with E-state index >= 15 is 0 Å². The fourth-order valence-electron chi connectivity index (χ4n) is 2.92. The maximum absolute atomic E-state index is 13.6. The van der Waals surface area contributed by atoms with Crippen molar-refractivity contribution in [3.05, 3.63) is 11.4 Å². The van der Waals surface area contributed by atoms with Gasteiger partial charge in [-0.2, -0.15) is 4.39 Å². The molecule has 3 heterocycles. The molecule has 90 valence electrons. The van der Waals surface area contributed by atoms with E-state index in [1.54, 1.807) is 0 Å². The number of carboxylic acid groups (broad SMARTS) is 1. The molecule has 3 fully saturated rings. The molecule has 3 aliphatic heterocycles. The van der Waals surface area contributed by atoms with Gasteiger partial charge in [-0.3, -0.25) is 4.90 Å². The van der Waals surface area contributed by atoms with Crippen LogP contribution in [0.5, 0.6) is 0 Å². The molecular weight excluding hydrogens is 208 g/mol. The molecular formula is C11H19BFNO2. The van der Waals surface area contributed by atoms with Crippen LogP contribution in [0.2, 0.25) is 0 Å². The largest absolute Gasteiger partial charge is 0.476 e. The fourth-order valence-corrected chi connectivity index (χ4v) is 2.92. The summed E-state index contributed by atoms with van der Waals surface area (Å²) in [6, 6.07) is 0.0219. The molecule has 0 spiro atoms. The van der Waals surface area contributed by atoms with Gasteiger partial charge in [0, 0.05) is 6.04 Å². The zero-order valence-corrected chi connectivity index (χ0v) is 8.87. The molecule has 3 aliphatic rings. The number of fused-ring (bicyclic) bond motifs is 3. The molecule has 3 saturated heterocycles. The zero-order valence-electron chi connectivity index (χ0n) is 8.87. The fraction of sp³-hybridized carbons (Fsp3) is 0.727. The summed E-state index contributed by atoms with van der Waals surface area (Å²) in [7, 11) is 0. The van der Waals surface area contributed by atoms with Crippen molar-refractivity contribution in [2.24, 2.45) is 5.92 Å². The van der Waals surface area contributed by atoms with Crippen LogP contribution in [-0.4, -0.2) is 43.5 Å². The van der Waals surface area contributed by atoms with E-state index in [1.165, 1.54) is 0 Å². The van der Waals surface area contributed by atoms with Crippen LogP contribution in [0.15, 0.2) is 11.4 Å². The maximum atomic E-state index is 13.6. The van der Waals surface area contributed by atoms with Crippen molar-refractivity contribution in [1.29, 1.82) is 0 Å². The van der Waals surface area contributed by atoms with E-state index in [1.807, 2.05) is 6.92 Å². The summed E-state index contributed by atoms with van der Waals surface area (Å²) in [5, 5.41) is 8.72. The van der Waals surface area contributed by atoms with Crippen LogP contribution < -0.4 is 0 Å². The number of carboxylic acids is 1. The highest BCUT2D eigenvalue weighted by Gasteiger charge is 2.40. The van der Waals surface area contributed by atoms with Gasteiger partial charge in [-0.15, -0.1) is 0 Å². The molecule has 0 aromatic carbocycles. The standard InChI is InChI=1S/C11H16FNO2.BH3/c1-2-8-9(10(12)11(14)15)7-3-5-13(8)6-4-7;/h7-8H,2-6H2,1H3,(H,14,15);1H3. The Morgan fingerprint density at radius 3 is 2.50 bits per heavy atom. The minimum atomic E-state index is -1.41. The number of carbonyl (C=O) groups is 1. The minimum Gasteiger partial charge on any atom is -0.476 e. The van der Waals surface area contributed by atoms with Crippen LogP contribution in [0.25, 0.3) is 0 Å². The van der Waals surface area contributed by atoms with Gasteiger partial charge < -0.3 is 5.11 Å². The Kier molecular flexibility index (Phi) is 4.13. The topological polar surface area (TPSA) is 40.5 Å². The van der Waals surface area contributed by atoms with E-state index < -0.39 is 11.8 Å². The van der Waals surface area contributed by atoms with Gasteiger partial charge in [0.25, 0.3) is 0 Å². The molecule has 1 atom stereocenters. The van der Waals surface area contributed by atoms with Crippen LogP contribution in [0.1, 0.15) is 26.2 Å². The van der Waals surface area contributed by atoms with E-state index in [9.17, 15) is 9.18 Å². The second kappa shape index (κ2) is 5.00. The molecule has 0 amide bonds. The van der Waals surface area contributed by atoms with Gasteiger partial charge >= 0.3 is 5.97 Å². The van der Waals surface area contributed by atoms with E-state index in [0.29, 0.717) is 5.57 Å². The van der Waals surface area contributed by atoms with Gasteiger partial charge in [-0.05, 0) is 43.8 Å². The highest BCUT2D eigenvalue weighted by Crippen LogP contribution is 2.39. The lowest BCUT2D eigenvalue weighted by Gasteiger charge is -2.47. The lowest BCUT2D eigenvalue weighted by Crippen LogP contribution is -2.50. The second-order valence-electron chi connectivity index (χ2n) is 4.31. The molecule has 0 aliphatic carbocycles. The first-order valence-corrected chi connectivity index (χ1v) is 5.52. The third-order valence-electron chi connectivity index (χ3n) is 3.60. The Labute approximate surface area is 96.9 Å². The van der Waals surface area contributed by atoms with Crippen molar-refractivity contribution >= 4 is 14.4 Å². The lowest BCUT2D eigenvalue weighted by molar-refractivity contribution is -0.134. The number of piperidine rings is 3. The monoisotopic (exact) mass is 227 g/mol. The Balaban J connectivity index is 0.00000128. The highest BCUT2D eigenvalue weighted by molar-refractivity contribution is 5.85. The first kappa shape index (κ1) is 13.2. The molecule has 3 rings (SSSR count). The molecule has 0 aromatic rings. The van der Waals surface area contributed by atoms with Crippen molar-refractivity contribution in [1.82, 2.24) is 4.90 Å². The SMILES string of the molecule is B.CCC1C(=C(F)C(=O)O)C2CCN1CC2. The summed E-state index contributed by atoms with van der Waals surface area (Å²) in [5.74, 6) is -2.15. The van der Waals surface area contributed by atoms with E-state index in [0.717, 1.165) is 32.4 Å². The van der Waals surface area contributed by atoms with Gasteiger partial charge in [0.1, 0.15) is 0 Å². The van der Waals surface area contributed by atoms with Crippen molar-refractivity contribution in [2.75, 3.05) is 13.1 Å². The summed E-state index contributed by atoms with van der Waals surface area (Å²) >= 11 is 0. The van der Waals surface area contributed by atoms with Crippen LogP contribution in [0.4, 0.5) is 4.39 Å². The number of rotatable bonds is 2. The average molecular weight is 227 g/mol. The third-order valence-corrected chi connectivity index (χ3v) is 3.60. The molecule has 0 saturated carbocycles. The number of halogens is 1. The van der Waals surface area contributed by atoms with Crippen LogP contribution in [-0.2, 0) is 4.79 Å². The minimum absolute atomic E-state index is 0. The number of aliphatic carboxylic acids is 1. The molecule has 3 nitrogen and oxygen atoms in total. The van der Waals surface area contributed by atoms with Crippen molar-refractivity contribution < 1.29 is 14.3 Å². The Bertz CT molecular complexity index is 311. The summed E-state index contributed by atoms with van der Waals surface area (Å²) in [6.07, 6.45) is 2.62. The number of nitrogens with zero attached hydrogens (tertiary/aromatic N) is 1. The van der Waals surface area contributed by atoms with Crippen molar-refractivity contribution in [3.63, 3.8) is 0 Å². The van der Waals surface area contributed by atoms with E-state index in [4.69, 9.17) is 5.11 Å². The summed E-state index contributed by atoms with van der Waals surface area (Å²) < 4.78 is 13.6. The average Bonchev–Trinajstić information content (AvgIpc) is 2.28. The first-order valence-electron chi connectivity index (χ1n) is 5.52. The first-order chi connectivity index (χ1) is 7.15. The number of hydrogen-bond acceptors (Lipinski definition) is 2. The van der Waals surface area contributed by atoms with Crippen molar-refractivity contribution in [2.45, 2.75) is 32.2 Å². The van der Waals surface area contributed by atoms with Gasteiger partial charge in [-0.25, -0.2) is 4.79 Å². The van der Waals surface area contributed by atoms with Crippen LogP contribution in [0.3, 0.4) is 0 Å². The van der Waals surface area contributed by atoms with E-state index in [2.05, 4.69) is 4.90 Å². The van der Waals surface area contributed by atoms with Crippen LogP contribution in [0, 0.1) is 5.92 Å². The molecule has 0 radical (unpaired) electrons. The second-order valence-corrected chi connectivity index (χ2v) is 4.31. The molecule has 0 aromatic heterocycles. The molecule has 1 unspecified atom stereocenters. The predicted molar refractivity (Wildman–Crippen MR) is 64.1 cm³/mol.